The zero-order valence-electron chi connectivity index (χ0n) is 11.3. The van der Waals surface area contributed by atoms with Gasteiger partial charge in [-0.05, 0) is 45.2 Å². The van der Waals surface area contributed by atoms with Crippen molar-refractivity contribution in [1.82, 2.24) is 5.32 Å². The van der Waals surface area contributed by atoms with E-state index in [1.54, 1.807) is 19.2 Å². The highest BCUT2D eigenvalue weighted by molar-refractivity contribution is 5.22. The van der Waals surface area contributed by atoms with Crippen molar-refractivity contribution in [1.29, 1.82) is 0 Å². The molecular formula is C15H21F2NO. The standard InChI is InChI=1S/C15H21F2NO/c1-18-14(9-2-5-11-6-4-10-19-11)12-7-3-8-13(16)15(12)17/h3,7-8,11,14,18H,2,4-6,9-10H2,1H3. The van der Waals surface area contributed by atoms with Crippen molar-refractivity contribution in [3.63, 3.8) is 0 Å². The molecule has 2 unspecified atom stereocenters. The SMILES string of the molecule is CNC(CCCC1CCCO1)c1cccc(F)c1F. The number of ether oxygens (including phenoxy) is 1. The van der Waals surface area contributed by atoms with Crippen molar-refractivity contribution in [3.8, 4) is 0 Å². The Morgan fingerprint density at radius 3 is 2.95 bits per heavy atom. The lowest BCUT2D eigenvalue weighted by molar-refractivity contribution is 0.101. The first-order valence-corrected chi connectivity index (χ1v) is 6.95. The van der Waals surface area contributed by atoms with E-state index < -0.39 is 11.6 Å². The van der Waals surface area contributed by atoms with Crippen LogP contribution in [0.4, 0.5) is 8.78 Å². The summed E-state index contributed by atoms with van der Waals surface area (Å²) in [7, 11) is 1.78. The van der Waals surface area contributed by atoms with E-state index in [0.29, 0.717) is 11.7 Å². The van der Waals surface area contributed by atoms with E-state index in [0.717, 1.165) is 44.8 Å². The topological polar surface area (TPSA) is 21.3 Å². The lowest BCUT2D eigenvalue weighted by Gasteiger charge is -2.18. The van der Waals surface area contributed by atoms with Crippen LogP contribution in [0, 0.1) is 11.6 Å². The smallest absolute Gasteiger partial charge is 0.163 e. The second-order valence-corrected chi connectivity index (χ2v) is 5.05. The fraction of sp³-hybridized carbons (Fsp3) is 0.600. The average molecular weight is 269 g/mol. The predicted octanol–water partition coefficient (Wildman–Crippen LogP) is 3.57. The maximum atomic E-state index is 13.7. The summed E-state index contributed by atoms with van der Waals surface area (Å²) in [5.74, 6) is -1.52. The molecule has 1 aromatic rings. The van der Waals surface area contributed by atoms with Gasteiger partial charge in [0.05, 0.1) is 6.10 Å². The van der Waals surface area contributed by atoms with Crippen LogP contribution in [0.5, 0.6) is 0 Å². The minimum atomic E-state index is -0.781. The second kappa shape index (κ2) is 6.96. The highest BCUT2D eigenvalue weighted by Crippen LogP contribution is 2.25. The Kier molecular flexibility index (Phi) is 5.28. The molecule has 0 spiro atoms. The van der Waals surface area contributed by atoms with Crippen LogP contribution in [0.1, 0.15) is 43.7 Å². The maximum Gasteiger partial charge on any atom is 0.163 e. The number of benzene rings is 1. The average Bonchev–Trinajstić information content (AvgIpc) is 2.92. The van der Waals surface area contributed by atoms with E-state index >= 15 is 0 Å². The number of rotatable bonds is 6. The molecule has 2 rings (SSSR count). The Morgan fingerprint density at radius 1 is 1.42 bits per heavy atom. The molecular weight excluding hydrogens is 248 g/mol. The Bertz CT molecular complexity index is 405. The minimum absolute atomic E-state index is 0.142. The monoisotopic (exact) mass is 269 g/mol. The van der Waals surface area contributed by atoms with Gasteiger partial charge in [0.15, 0.2) is 11.6 Å². The molecule has 0 amide bonds. The molecule has 106 valence electrons. The zero-order chi connectivity index (χ0) is 13.7. The molecule has 1 N–H and O–H groups in total. The number of hydrogen-bond donors (Lipinski definition) is 1. The van der Waals surface area contributed by atoms with E-state index in [9.17, 15) is 8.78 Å². The highest BCUT2D eigenvalue weighted by atomic mass is 19.2. The van der Waals surface area contributed by atoms with Gasteiger partial charge in [-0.2, -0.15) is 0 Å². The van der Waals surface area contributed by atoms with Crippen molar-refractivity contribution in [2.75, 3.05) is 13.7 Å². The number of nitrogens with one attached hydrogen (secondary N) is 1. The van der Waals surface area contributed by atoms with Crippen LogP contribution < -0.4 is 5.32 Å². The molecule has 19 heavy (non-hydrogen) atoms. The number of halogens is 2. The quantitative estimate of drug-likeness (QED) is 0.852. The van der Waals surface area contributed by atoms with E-state index in [2.05, 4.69) is 5.32 Å². The van der Waals surface area contributed by atoms with Crippen LogP contribution in [0.25, 0.3) is 0 Å². The molecule has 1 fully saturated rings. The summed E-state index contributed by atoms with van der Waals surface area (Å²) in [6, 6.07) is 4.21. The predicted molar refractivity (Wildman–Crippen MR) is 71.0 cm³/mol. The van der Waals surface area contributed by atoms with Gasteiger partial charge in [-0.25, -0.2) is 8.78 Å². The van der Waals surface area contributed by atoms with Crippen LogP contribution in [0.2, 0.25) is 0 Å². The molecule has 4 heteroatoms. The lowest BCUT2D eigenvalue weighted by atomic mass is 9.99. The van der Waals surface area contributed by atoms with Crippen molar-refractivity contribution < 1.29 is 13.5 Å². The summed E-state index contributed by atoms with van der Waals surface area (Å²) in [4.78, 5) is 0. The Labute approximate surface area is 113 Å². The Hall–Kier alpha value is -1.00. The molecule has 0 radical (unpaired) electrons. The molecule has 2 atom stereocenters. The van der Waals surface area contributed by atoms with Gasteiger partial charge < -0.3 is 10.1 Å². The lowest BCUT2D eigenvalue weighted by Crippen LogP contribution is -2.19. The molecule has 1 saturated heterocycles. The summed E-state index contributed by atoms with van der Waals surface area (Å²) >= 11 is 0. The van der Waals surface area contributed by atoms with Crippen LogP contribution in [0.3, 0.4) is 0 Å². The normalized spacial score (nSPS) is 20.7. The number of hydrogen-bond acceptors (Lipinski definition) is 2. The maximum absolute atomic E-state index is 13.7. The third-order valence-electron chi connectivity index (χ3n) is 3.75. The van der Waals surface area contributed by atoms with Gasteiger partial charge in [0.1, 0.15) is 0 Å². The summed E-state index contributed by atoms with van der Waals surface area (Å²) in [5.41, 5.74) is 0.412. The molecule has 1 aliphatic rings. The minimum Gasteiger partial charge on any atom is -0.378 e. The van der Waals surface area contributed by atoms with Gasteiger partial charge in [0.2, 0.25) is 0 Å². The first-order chi connectivity index (χ1) is 9.22. The first kappa shape index (κ1) is 14.4. The fourth-order valence-electron chi connectivity index (χ4n) is 2.67. The van der Waals surface area contributed by atoms with Crippen molar-refractivity contribution in [2.24, 2.45) is 0 Å². The summed E-state index contributed by atoms with van der Waals surface area (Å²) in [5, 5.41) is 3.06. The van der Waals surface area contributed by atoms with Crippen LogP contribution >= 0.6 is 0 Å². The molecule has 1 heterocycles. The summed E-state index contributed by atoms with van der Waals surface area (Å²) in [6.45, 7) is 0.860. The van der Waals surface area contributed by atoms with Gasteiger partial charge >= 0.3 is 0 Å². The first-order valence-electron chi connectivity index (χ1n) is 6.95. The highest BCUT2D eigenvalue weighted by Gasteiger charge is 2.19. The summed E-state index contributed by atoms with van der Waals surface area (Å²) in [6.07, 6.45) is 5.35. The Balaban J connectivity index is 1.90. The van der Waals surface area contributed by atoms with Gasteiger partial charge in [-0.1, -0.05) is 12.1 Å². The van der Waals surface area contributed by atoms with E-state index in [-0.39, 0.29) is 6.04 Å². The van der Waals surface area contributed by atoms with Crippen molar-refractivity contribution in [2.45, 2.75) is 44.2 Å². The van der Waals surface area contributed by atoms with E-state index in [1.165, 1.54) is 0 Å². The molecule has 1 aromatic carbocycles. The largest absolute Gasteiger partial charge is 0.378 e. The molecule has 0 aromatic heterocycles. The third-order valence-corrected chi connectivity index (χ3v) is 3.75. The zero-order valence-corrected chi connectivity index (χ0v) is 11.3. The summed E-state index contributed by atoms with van der Waals surface area (Å²) < 4.78 is 32.5. The van der Waals surface area contributed by atoms with Crippen LogP contribution in [0.15, 0.2) is 18.2 Å². The van der Waals surface area contributed by atoms with Gasteiger partial charge in [-0.3, -0.25) is 0 Å². The van der Waals surface area contributed by atoms with Gasteiger partial charge in [0, 0.05) is 18.2 Å². The van der Waals surface area contributed by atoms with E-state index in [4.69, 9.17) is 4.74 Å². The molecule has 2 nitrogen and oxygen atoms in total. The second-order valence-electron chi connectivity index (χ2n) is 5.05. The molecule has 0 aliphatic carbocycles. The fourth-order valence-corrected chi connectivity index (χ4v) is 2.67. The van der Waals surface area contributed by atoms with Gasteiger partial charge in [-0.15, -0.1) is 0 Å². The van der Waals surface area contributed by atoms with E-state index in [1.807, 2.05) is 0 Å². The van der Waals surface area contributed by atoms with Crippen LogP contribution in [-0.2, 0) is 4.74 Å². The molecule has 1 aliphatic heterocycles. The van der Waals surface area contributed by atoms with Crippen molar-refractivity contribution >= 4 is 0 Å². The van der Waals surface area contributed by atoms with Crippen LogP contribution in [-0.4, -0.2) is 19.8 Å². The molecule has 0 bridgehead atoms. The van der Waals surface area contributed by atoms with Gasteiger partial charge in [0.25, 0.3) is 0 Å². The molecule has 0 saturated carbocycles. The Morgan fingerprint density at radius 2 is 2.26 bits per heavy atom. The third kappa shape index (κ3) is 3.74. The van der Waals surface area contributed by atoms with Crippen molar-refractivity contribution in [3.05, 3.63) is 35.4 Å².